The van der Waals surface area contributed by atoms with E-state index in [1.807, 2.05) is 0 Å². The molecule has 0 aliphatic carbocycles. The Balaban J connectivity index is 1.63. The molecule has 164 valence electrons. The summed E-state index contributed by atoms with van der Waals surface area (Å²) in [6.45, 7) is 4.24. The van der Waals surface area contributed by atoms with Crippen LogP contribution in [-0.4, -0.2) is 0 Å². The first kappa shape index (κ1) is 21.7. The Hall–Kier alpha value is -4.16. The van der Waals surface area contributed by atoms with E-state index in [4.69, 9.17) is 0 Å². The van der Waals surface area contributed by atoms with Crippen LogP contribution in [0, 0.1) is 13.8 Å². The largest absolute Gasteiger partial charge is 0.0610 e. The van der Waals surface area contributed by atoms with Gasteiger partial charge in [0.1, 0.15) is 0 Å². The lowest BCUT2D eigenvalue weighted by atomic mass is 10.00. The van der Waals surface area contributed by atoms with Crippen molar-refractivity contribution in [2.24, 2.45) is 0 Å². The van der Waals surface area contributed by atoms with Gasteiger partial charge in [0.2, 0.25) is 0 Å². The van der Waals surface area contributed by atoms with Gasteiger partial charge in [-0.3, -0.25) is 0 Å². The number of hydrogen-bond donors (Lipinski definition) is 0. The summed E-state index contributed by atoms with van der Waals surface area (Å²) in [6.07, 6.45) is 8.87. The van der Waals surface area contributed by atoms with Gasteiger partial charge in [0.25, 0.3) is 0 Å². The molecule has 34 heavy (non-hydrogen) atoms. The van der Waals surface area contributed by atoms with Gasteiger partial charge in [0.15, 0.2) is 0 Å². The summed E-state index contributed by atoms with van der Waals surface area (Å²) >= 11 is 0. The Labute approximate surface area is 202 Å². The van der Waals surface area contributed by atoms with Crippen LogP contribution in [-0.2, 0) is 0 Å². The van der Waals surface area contributed by atoms with E-state index in [2.05, 4.69) is 147 Å². The van der Waals surface area contributed by atoms with E-state index in [1.165, 1.54) is 54.9 Å². The molecule has 0 N–H and O–H groups in total. The van der Waals surface area contributed by atoms with Crippen LogP contribution in [0.3, 0.4) is 0 Å². The smallest absolute Gasteiger partial charge is 0.0111 e. The third kappa shape index (κ3) is 4.92. The molecule has 0 nitrogen and oxygen atoms in total. The number of fused-ring (bicyclic) bond motifs is 4. The van der Waals surface area contributed by atoms with Crippen LogP contribution < -0.4 is 0 Å². The summed E-state index contributed by atoms with van der Waals surface area (Å²) in [7, 11) is 0. The van der Waals surface area contributed by atoms with Gasteiger partial charge in [-0.1, -0.05) is 145 Å². The van der Waals surface area contributed by atoms with E-state index in [0.29, 0.717) is 0 Å². The number of benzene rings is 4. The third-order valence-corrected chi connectivity index (χ3v) is 6.27. The maximum absolute atomic E-state index is 2.24. The Morgan fingerprint density at radius 2 is 0.676 bits per heavy atom. The van der Waals surface area contributed by atoms with Gasteiger partial charge in [-0.15, -0.1) is 0 Å². The van der Waals surface area contributed by atoms with Crippen LogP contribution in [0.5, 0.6) is 0 Å². The van der Waals surface area contributed by atoms with Crippen molar-refractivity contribution in [3.05, 3.63) is 143 Å². The maximum Gasteiger partial charge on any atom is -0.0111 e. The lowest BCUT2D eigenvalue weighted by Crippen LogP contribution is -1.81. The van der Waals surface area contributed by atoms with Crippen molar-refractivity contribution in [2.75, 3.05) is 0 Å². The van der Waals surface area contributed by atoms with Crippen molar-refractivity contribution in [1.29, 1.82) is 0 Å². The highest BCUT2D eigenvalue weighted by Gasteiger charge is 2.01. The lowest BCUT2D eigenvalue weighted by Gasteiger charge is -2.05. The minimum Gasteiger partial charge on any atom is -0.0610 e. The summed E-state index contributed by atoms with van der Waals surface area (Å²) in [5.74, 6) is 0. The molecule has 0 aliphatic heterocycles. The van der Waals surface area contributed by atoms with Crippen LogP contribution in [0.4, 0.5) is 0 Å². The first-order valence-electron chi connectivity index (χ1n) is 11.8. The van der Waals surface area contributed by atoms with Gasteiger partial charge in [-0.05, 0) is 57.6 Å². The molecule has 0 heterocycles. The quantitative estimate of drug-likeness (QED) is 0.246. The fourth-order valence-corrected chi connectivity index (χ4v) is 4.24. The highest BCUT2D eigenvalue weighted by atomic mass is 14.1. The van der Waals surface area contributed by atoms with E-state index in [1.54, 1.807) is 0 Å². The number of hydrogen-bond acceptors (Lipinski definition) is 0. The second kappa shape index (κ2) is 9.77. The summed E-state index contributed by atoms with van der Waals surface area (Å²) in [4.78, 5) is 0. The molecule has 0 unspecified atom stereocenters. The zero-order valence-corrected chi connectivity index (χ0v) is 19.7. The summed E-state index contributed by atoms with van der Waals surface area (Å²) in [6, 6.07) is 39.3. The molecule has 4 bridgehead atoms. The SMILES string of the molecule is Cc1ccc(/C=C/c2c3cccc2ccc2cccc(cc3)c2/C=C/c2ccc(C)cc2)cc1. The molecule has 0 amide bonds. The van der Waals surface area contributed by atoms with Gasteiger partial charge in [0.05, 0.1) is 0 Å². The molecule has 0 saturated heterocycles. The van der Waals surface area contributed by atoms with E-state index in [9.17, 15) is 0 Å². The van der Waals surface area contributed by atoms with E-state index < -0.39 is 0 Å². The van der Waals surface area contributed by atoms with Crippen LogP contribution >= 0.6 is 0 Å². The van der Waals surface area contributed by atoms with Crippen LogP contribution in [0.15, 0.2) is 109 Å². The number of rotatable bonds is 4. The molecule has 5 aromatic rings. The summed E-state index contributed by atoms with van der Waals surface area (Å²) < 4.78 is 0. The first-order chi connectivity index (χ1) is 16.7. The second-order valence-corrected chi connectivity index (χ2v) is 8.85. The fraction of sp³-hybridized carbons (Fsp3) is 0.0588. The minimum atomic E-state index is 1.21. The molecule has 0 aromatic heterocycles. The van der Waals surface area contributed by atoms with Gasteiger partial charge >= 0.3 is 0 Å². The molecule has 0 spiro atoms. The van der Waals surface area contributed by atoms with E-state index in [0.717, 1.165) is 0 Å². The van der Waals surface area contributed by atoms with E-state index in [-0.39, 0.29) is 0 Å². The zero-order chi connectivity index (χ0) is 23.3. The standard InChI is InChI=1S/C34H28/c1-25-9-13-27(14-10-25)17-23-33-29-5-3-6-30(33)20-22-32-8-4-7-31(21-19-29)34(32)24-18-28-15-11-26(2)12-16-28/h3-24H,1-2H3/b21-19?,22-20?,23-17+,24-18+. The van der Waals surface area contributed by atoms with Crippen molar-refractivity contribution < 1.29 is 0 Å². The van der Waals surface area contributed by atoms with Gasteiger partial charge in [-0.25, -0.2) is 0 Å². The predicted molar refractivity (Wildman–Crippen MR) is 150 cm³/mol. The van der Waals surface area contributed by atoms with Gasteiger partial charge in [0, 0.05) is 0 Å². The average Bonchev–Trinajstić information content (AvgIpc) is 2.86. The van der Waals surface area contributed by atoms with Crippen molar-refractivity contribution >= 4 is 45.8 Å². The Morgan fingerprint density at radius 1 is 0.353 bits per heavy atom. The Morgan fingerprint density at radius 3 is 1.00 bits per heavy atom. The molecular formula is C34H28. The molecule has 0 aliphatic rings. The van der Waals surface area contributed by atoms with Gasteiger partial charge in [-0.2, -0.15) is 0 Å². The van der Waals surface area contributed by atoms with E-state index >= 15 is 0 Å². The molecular weight excluding hydrogens is 408 g/mol. The van der Waals surface area contributed by atoms with Crippen molar-refractivity contribution in [1.82, 2.24) is 0 Å². The van der Waals surface area contributed by atoms with Crippen LogP contribution in [0.25, 0.3) is 45.8 Å². The van der Waals surface area contributed by atoms with Crippen LogP contribution in [0.1, 0.15) is 33.4 Å². The Bertz CT molecular complexity index is 1350. The maximum atomic E-state index is 2.24. The first-order valence-corrected chi connectivity index (χ1v) is 11.8. The normalized spacial score (nSPS) is 11.6. The lowest BCUT2D eigenvalue weighted by molar-refractivity contribution is 1.46. The Kier molecular flexibility index (Phi) is 6.23. The highest BCUT2D eigenvalue weighted by molar-refractivity contribution is 5.94. The van der Waals surface area contributed by atoms with Crippen molar-refractivity contribution in [2.45, 2.75) is 13.8 Å². The number of aryl methyl sites for hydroxylation is 2. The second-order valence-electron chi connectivity index (χ2n) is 8.85. The van der Waals surface area contributed by atoms with Crippen molar-refractivity contribution in [3.63, 3.8) is 0 Å². The molecule has 0 atom stereocenters. The third-order valence-electron chi connectivity index (χ3n) is 6.27. The molecule has 0 saturated carbocycles. The minimum absolute atomic E-state index is 1.21. The molecule has 0 radical (unpaired) electrons. The fourth-order valence-electron chi connectivity index (χ4n) is 4.24. The van der Waals surface area contributed by atoms with Crippen LogP contribution in [0.2, 0.25) is 0 Å². The average molecular weight is 437 g/mol. The molecule has 5 rings (SSSR count). The van der Waals surface area contributed by atoms with Crippen molar-refractivity contribution in [3.8, 4) is 0 Å². The molecule has 0 fully saturated rings. The topological polar surface area (TPSA) is 0 Å². The highest BCUT2D eigenvalue weighted by Crippen LogP contribution is 2.25. The monoisotopic (exact) mass is 436 g/mol. The summed E-state index contributed by atoms with van der Waals surface area (Å²) in [5.41, 5.74) is 7.44. The van der Waals surface area contributed by atoms with Gasteiger partial charge < -0.3 is 0 Å². The zero-order valence-electron chi connectivity index (χ0n) is 19.7. The summed E-state index contributed by atoms with van der Waals surface area (Å²) in [5, 5.41) is 4.86. The molecule has 5 aromatic carbocycles. The molecule has 0 heteroatoms. The predicted octanol–water partition coefficient (Wildman–Crippen LogP) is 9.51.